The molecule has 1 heterocycles. The van der Waals surface area contributed by atoms with Gasteiger partial charge in [-0.3, -0.25) is 4.79 Å². The van der Waals surface area contributed by atoms with Crippen molar-refractivity contribution in [1.82, 2.24) is 0 Å². The van der Waals surface area contributed by atoms with Crippen LogP contribution in [0.15, 0.2) is 16.8 Å². The summed E-state index contributed by atoms with van der Waals surface area (Å²) in [6, 6.07) is 4.04. The third-order valence-electron chi connectivity index (χ3n) is 2.53. The highest BCUT2D eigenvalue weighted by Gasteiger charge is 2.37. The van der Waals surface area contributed by atoms with Crippen LogP contribution in [-0.2, 0) is 10.2 Å². The second kappa shape index (κ2) is 4.39. The summed E-state index contributed by atoms with van der Waals surface area (Å²) in [4.78, 5) is 11.8. The quantitative estimate of drug-likeness (QED) is 0.761. The maximum Gasteiger partial charge on any atom is 0.157 e. The van der Waals surface area contributed by atoms with Crippen molar-refractivity contribution < 1.29 is 4.79 Å². The van der Waals surface area contributed by atoms with Gasteiger partial charge in [-0.25, -0.2) is 0 Å². The van der Waals surface area contributed by atoms with E-state index in [0.29, 0.717) is 12.8 Å². The van der Waals surface area contributed by atoms with Gasteiger partial charge >= 0.3 is 0 Å². The molecule has 1 rings (SSSR count). The van der Waals surface area contributed by atoms with Gasteiger partial charge in [0.15, 0.2) is 5.78 Å². The molecule has 14 heavy (non-hydrogen) atoms. The van der Waals surface area contributed by atoms with E-state index in [-0.39, 0.29) is 5.78 Å². The molecule has 0 aliphatic rings. The molecule has 0 N–H and O–H groups in total. The van der Waals surface area contributed by atoms with E-state index in [2.05, 4.69) is 6.07 Å². The Hall–Kier alpha value is -1.14. The van der Waals surface area contributed by atoms with Gasteiger partial charge in [0, 0.05) is 6.42 Å². The fourth-order valence-corrected chi connectivity index (χ4v) is 2.31. The van der Waals surface area contributed by atoms with Crippen molar-refractivity contribution >= 4 is 17.1 Å². The largest absolute Gasteiger partial charge is 0.298 e. The molecule has 0 unspecified atom stereocenters. The first-order chi connectivity index (χ1) is 6.71. The zero-order valence-electron chi connectivity index (χ0n) is 8.41. The fraction of sp³-hybridized carbons (Fsp3) is 0.455. The lowest BCUT2D eigenvalue weighted by molar-refractivity contribution is -0.122. The summed E-state index contributed by atoms with van der Waals surface area (Å²) in [5.74, 6) is 0.0147. The SMILES string of the molecule is CCC(=O)[C@@](C#N)(CC)c1ccsc1. The van der Waals surface area contributed by atoms with Gasteiger partial charge in [-0.1, -0.05) is 13.8 Å². The maximum atomic E-state index is 11.8. The summed E-state index contributed by atoms with van der Waals surface area (Å²) in [5.41, 5.74) is -0.0614. The molecule has 0 amide bonds. The summed E-state index contributed by atoms with van der Waals surface area (Å²) in [6.45, 7) is 3.69. The average Bonchev–Trinajstić information content (AvgIpc) is 2.74. The van der Waals surface area contributed by atoms with Crippen LogP contribution in [0.4, 0.5) is 0 Å². The molecule has 1 aromatic heterocycles. The first kappa shape index (κ1) is 10.9. The molecule has 1 atom stereocenters. The highest BCUT2D eigenvalue weighted by Crippen LogP contribution is 2.31. The van der Waals surface area contributed by atoms with Gasteiger partial charge in [0.25, 0.3) is 0 Å². The molecule has 2 nitrogen and oxygen atoms in total. The summed E-state index contributed by atoms with van der Waals surface area (Å²) in [6.07, 6.45) is 0.962. The molecule has 0 fully saturated rings. The van der Waals surface area contributed by atoms with E-state index >= 15 is 0 Å². The highest BCUT2D eigenvalue weighted by molar-refractivity contribution is 7.08. The molecule has 0 aliphatic heterocycles. The van der Waals surface area contributed by atoms with Crippen LogP contribution in [-0.4, -0.2) is 5.78 Å². The van der Waals surface area contributed by atoms with Gasteiger partial charge in [0.2, 0.25) is 0 Å². The van der Waals surface area contributed by atoms with Crippen LogP contribution in [0.2, 0.25) is 0 Å². The molecule has 0 radical (unpaired) electrons. The molecule has 0 saturated heterocycles. The topological polar surface area (TPSA) is 40.9 Å². The number of rotatable bonds is 4. The molecule has 1 aromatic rings. The number of ketones is 1. The highest BCUT2D eigenvalue weighted by atomic mass is 32.1. The number of nitriles is 1. The number of carbonyl (C=O) groups excluding carboxylic acids is 1. The molecule has 0 saturated carbocycles. The third kappa shape index (κ3) is 1.58. The second-order valence-electron chi connectivity index (χ2n) is 3.16. The Labute approximate surface area is 88.2 Å². The van der Waals surface area contributed by atoms with E-state index in [1.165, 1.54) is 11.3 Å². The van der Waals surface area contributed by atoms with Gasteiger partial charge < -0.3 is 0 Å². The van der Waals surface area contributed by atoms with Gasteiger partial charge in [0.1, 0.15) is 5.41 Å². The fourth-order valence-electron chi connectivity index (χ4n) is 1.58. The lowest BCUT2D eigenvalue weighted by atomic mass is 9.76. The predicted molar refractivity (Wildman–Crippen MR) is 57.2 cm³/mol. The zero-order valence-corrected chi connectivity index (χ0v) is 9.23. The number of Topliss-reactive ketones (excluding diaryl/α,β-unsaturated/α-hetero) is 1. The van der Waals surface area contributed by atoms with Crippen molar-refractivity contribution in [2.45, 2.75) is 32.1 Å². The van der Waals surface area contributed by atoms with Crippen molar-refractivity contribution in [3.63, 3.8) is 0 Å². The smallest absolute Gasteiger partial charge is 0.157 e. The van der Waals surface area contributed by atoms with Crippen molar-refractivity contribution in [2.75, 3.05) is 0 Å². The normalized spacial score (nSPS) is 14.4. The Bertz CT molecular complexity index is 350. The molecule has 0 aliphatic carbocycles. The number of thiophene rings is 1. The summed E-state index contributed by atoms with van der Waals surface area (Å²) in [5, 5.41) is 13.0. The van der Waals surface area contributed by atoms with Crippen LogP contribution in [0.3, 0.4) is 0 Å². The van der Waals surface area contributed by atoms with E-state index in [0.717, 1.165) is 5.56 Å². The Morgan fingerprint density at radius 2 is 2.36 bits per heavy atom. The number of carbonyl (C=O) groups is 1. The Morgan fingerprint density at radius 1 is 1.64 bits per heavy atom. The van der Waals surface area contributed by atoms with E-state index in [1.54, 1.807) is 6.92 Å². The van der Waals surface area contributed by atoms with Gasteiger partial charge in [-0.05, 0) is 28.8 Å². The van der Waals surface area contributed by atoms with E-state index < -0.39 is 5.41 Å². The minimum Gasteiger partial charge on any atom is -0.298 e. The monoisotopic (exact) mass is 207 g/mol. The van der Waals surface area contributed by atoms with Gasteiger partial charge in [-0.15, -0.1) is 0 Å². The maximum absolute atomic E-state index is 11.8. The Balaban J connectivity index is 3.19. The molecular weight excluding hydrogens is 194 g/mol. The lowest BCUT2D eigenvalue weighted by Crippen LogP contribution is -2.32. The molecule has 0 bridgehead atoms. The van der Waals surface area contributed by atoms with Crippen LogP contribution < -0.4 is 0 Å². The van der Waals surface area contributed by atoms with Crippen molar-refractivity contribution in [2.24, 2.45) is 0 Å². The molecule has 3 heteroatoms. The summed E-state index contributed by atoms with van der Waals surface area (Å²) in [7, 11) is 0. The lowest BCUT2D eigenvalue weighted by Gasteiger charge is -2.21. The van der Waals surface area contributed by atoms with Gasteiger partial charge in [-0.2, -0.15) is 16.6 Å². The minimum absolute atomic E-state index is 0.0147. The molecular formula is C11H13NOS. The second-order valence-corrected chi connectivity index (χ2v) is 3.94. The molecule has 74 valence electrons. The number of hydrogen-bond donors (Lipinski definition) is 0. The van der Waals surface area contributed by atoms with Crippen molar-refractivity contribution in [3.05, 3.63) is 22.4 Å². The van der Waals surface area contributed by atoms with E-state index in [4.69, 9.17) is 0 Å². The number of hydrogen-bond acceptors (Lipinski definition) is 3. The Morgan fingerprint density at radius 3 is 2.71 bits per heavy atom. The van der Waals surface area contributed by atoms with Crippen LogP contribution in [0.1, 0.15) is 32.3 Å². The molecule has 0 aromatic carbocycles. The first-order valence-corrected chi connectivity index (χ1v) is 5.62. The van der Waals surface area contributed by atoms with Crippen LogP contribution in [0, 0.1) is 11.3 Å². The first-order valence-electron chi connectivity index (χ1n) is 4.68. The van der Waals surface area contributed by atoms with Crippen LogP contribution >= 0.6 is 11.3 Å². The average molecular weight is 207 g/mol. The Kier molecular flexibility index (Phi) is 3.43. The van der Waals surface area contributed by atoms with Crippen molar-refractivity contribution in [3.8, 4) is 6.07 Å². The van der Waals surface area contributed by atoms with Crippen LogP contribution in [0.5, 0.6) is 0 Å². The summed E-state index contributed by atoms with van der Waals surface area (Å²) >= 11 is 1.52. The van der Waals surface area contributed by atoms with Crippen LogP contribution in [0.25, 0.3) is 0 Å². The van der Waals surface area contributed by atoms with Gasteiger partial charge in [0.05, 0.1) is 6.07 Å². The van der Waals surface area contributed by atoms with E-state index in [1.807, 2.05) is 23.8 Å². The predicted octanol–water partition coefficient (Wildman–Crippen LogP) is 2.90. The minimum atomic E-state index is -0.908. The van der Waals surface area contributed by atoms with Crippen molar-refractivity contribution in [1.29, 1.82) is 5.26 Å². The van der Waals surface area contributed by atoms with E-state index in [9.17, 15) is 10.1 Å². The number of nitrogens with zero attached hydrogens (tertiary/aromatic N) is 1. The molecule has 0 spiro atoms. The zero-order chi connectivity index (χ0) is 10.6. The standard InChI is InChI=1S/C11H13NOS/c1-3-10(13)11(4-2,8-12)9-5-6-14-7-9/h5-7H,3-4H2,1-2H3/t11-/m1/s1. The third-order valence-corrected chi connectivity index (χ3v) is 3.22. The summed E-state index contributed by atoms with van der Waals surface area (Å²) < 4.78 is 0.